The summed E-state index contributed by atoms with van der Waals surface area (Å²) < 4.78 is 38.9. The molecule has 2 fully saturated rings. The lowest BCUT2D eigenvalue weighted by atomic mass is 10.1. The monoisotopic (exact) mass is 453 g/mol. The topological polar surface area (TPSA) is 114 Å². The molecule has 1 aromatic rings. The van der Waals surface area contributed by atoms with E-state index in [0.717, 1.165) is 24.2 Å². The summed E-state index contributed by atoms with van der Waals surface area (Å²) in [6.45, 7) is 2.32. The molecule has 9 nitrogen and oxygen atoms in total. The first kappa shape index (κ1) is 23.5. The van der Waals surface area contributed by atoms with Crippen LogP contribution >= 0.6 is 0 Å². The fourth-order valence-electron chi connectivity index (χ4n) is 3.70. The van der Waals surface area contributed by atoms with Gasteiger partial charge in [-0.1, -0.05) is 12.1 Å². The van der Waals surface area contributed by atoms with Gasteiger partial charge in [-0.3, -0.25) is 10.1 Å². The van der Waals surface area contributed by atoms with E-state index in [1.54, 1.807) is 6.92 Å². The molecule has 1 unspecified atom stereocenters. The molecule has 1 aliphatic carbocycles. The van der Waals surface area contributed by atoms with Crippen molar-refractivity contribution >= 4 is 22.0 Å². The number of rotatable bonds is 11. The number of urea groups is 1. The van der Waals surface area contributed by atoms with Crippen molar-refractivity contribution in [3.05, 3.63) is 29.8 Å². The highest BCUT2D eigenvalue weighted by atomic mass is 32.2. The number of carbonyl (C=O) groups is 2. The average molecular weight is 454 g/mol. The summed E-state index contributed by atoms with van der Waals surface area (Å²) in [6.07, 6.45) is 5.28. The summed E-state index contributed by atoms with van der Waals surface area (Å²) in [5.41, 5.74) is 0.848. The Morgan fingerprint density at radius 3 is 2.77 bits per heavy atom. The van der Waals surface area contributed by atoms with Crippen LogP contribution in [-0.2, 0) is 19.6 Å². The number of hydrogen-bond acceptors (Lipinski definition) is 6. The molecule has 1 saturated heterocycles. The van der Waals surface area contributed by atoms with Gasteiger partial charge in [-0.2, -0.15) is 0 Å². The number of benzene rings is 1. The minimum Gasteiger partial charge on any atom is -0.490 e. The quantitative estimate of drug-likeness (QED) is 0.497. The van der Waals surface area contributed by atoms with Crippen LogP contribution in [0.15, 0.2) is 24.3 Å². The summed E-state index contributed by atoms with van der Waals surface area (Å²) in [5, 5.41) is 2.21. The van der Waals surface area contributed by atoms with Crippen LogP contribution in [0.1, 0.15) is 57.1 Å². The van der Waals surface area contributed by atoms with Crippen LogP contribution in [0.2, 0.25) is 0 Å². The maximum Gasteiger partial charge on any atom is 0.325 e. The molecule has 2 aliphatic rings. The number of hydrogen-bond donors (Lipinski definition) is 2. The second-order valence-electron chi connectivity index (χ2n) is 8.01. The normalized spacial score (nSPS) is 18.8. The van der Waals surface area contributed by atoms with E-state index in [0.29, 0.717) is 13.0 Å². The lowest BCUT2D eigenvalue weighted by Gasteiger charge is -2.26. The lowest BCUT2D eigenvalue weighted by Crippen LogP contribution is -2.50. The maximum atomic E-state index is 12.4. The van der Waals surface area contributed by atoms with Crippen molar-refractivity contribution in [1.29, 1.82) is 0 Å². The number of carbonyl (C=O) groups excluding carboxylic acids is 2. The fourth-order valence-corrected chi connectivity index (χ4v) is 4.99. The van der Waals surface area contributed by atoms with Gasteiger partial charge in [-0.05, 0) is 56.7 Å². The molecule has 3 amide bonds. The van der Waals surface area contributed by atoms with Crippen LogP contribution in [-0.4, -0.2) is 57.0 Å². The summed E-state index contributed by atoms with van der Waals surface area (Å²) in [4.78, 5) is 24.1. The molecule has 1 aliphatic heterocycles. The molecule has 0 spiro atoms. The third-order valence-electron chi connectivity index (χ3n) is 5.41. The van der Waals surface area contributed by atoms with Crippen molar-refractivity contribution in [3.8, 4) is 5.75 Å². The minimum atomic E-state index is -3.50. The van der Waals surface area contributed by atoms with Crippen LogP contribution in [0.4, 0.5) is 4.79 Å². The number of nitrogens with one attached hydrogen (secondary N) is 2. The molecule has 0 bridgehead atoms. The fraction of sp³-hybridized carbons (Fsp3) is 0.619. The molecule has 31 heavy (non-hydrogen) atoms. The molecular formula is C21H31N3O6S. The predicted molar refractivity (Wildman–Crippen MR) is 115 cm³/mol. The molecule has 1 aromatic carbocycles. The van der Waals surface area contributed by atoms with Crippen molar-refractivity contribution < 1.29 is 27.5 Å². The van der Waals surface area contributed by atoms with E-state index in [2.05, 4.69) is 10.0 Å². The van der Waals surface area contributed by atoms with E-state index in [9.17, 15) is 18.0 Å². The summed E-state index contributed by atoms with van der Waals surface area (Å²) in [7, 11) is -3.50. The minimum absolute atomic E-state index is 0.0246. The first-order chi connectivity index (χ1) is 14.8. The van der Waals surface area contributed by atoms with Gasteiger partial charge in [0.2, 0.25) is 15.9 Å². The Balaban J connectivity index is 1.39. The standard InChI is InChI=1S/C21H31N3O6S/c1-16(17-6-4-9-19(14-17)30-18-7-2-3-8-18)23-31(27,28)13-5-12-29-15-24-11-10-20(25)22-21(24)26/h4,6,9,14,16,18,23H,2-3,5,7-8,10-13,15H2,1H3,(H,22,25,26). The van der Waals surface area contributed by atoms with Crippen molar-refractivity contribution in [3.63, 3.8) is 0 Å². The van der Waals surface area contributed by atoms with Crippen LogP contribution in [0.5, 0.6) is 5.75 Å². The number of imide groups is 1. The summed E-state index contributed by atoms with van der Waals surface area (Å²) in [5.74, 6) is 0.385. The van der Waals surface area contributed by atoms with E-state index >= 15 is 0 Å². The van der Waals surface area contributed by atoms with E-state index in [4.69, 9.17) is 9.47 Å². The van der Waals surface area contributed by atoms with Gasteiger partial charge in [-0.15, -0.1) is 0 Å². The van der Waals surface area contributed by atoms with Crippen LogP contribution in [0.3, 0.4) is 0 Å². The smallest absolute Gasteiger partial charge is 0.325 e. The Morgan fingerprint density at radius 1 is 1.26 bits per heavy atom. The highest BCUT2D eigenvalue weighted by Gasteiger charge is 2.23. The Bertz CT molecular complexity index is 870. The summed E-state index contributed by atoms with van der Waals surface area (Å²) >= 11 is 0. The molecule has 1 saturated carbocycles. The van der Waals surface area contributed by atoms with E-state index in [1.807, 2.05) is 24.3 Å². The largest absolute Gasteiger partial charge is 0.490 e. The zero-order chi connectivity index (χ0) is 22.3. The molecule has 10 heteroatoms. The van der Waals surface area contributed by atoms with Gasteiger partial charge in [0.25, 0.3) is 0 Å². The van der Waals surface area contributed by atoms with E-state index in [1.165, 1.54) is 17.7 Å². The van der Waals surface area contributed by atoms with E-state index in [-0.39, 0.29) is 43.6 Å². The van der Waals surface area contributed by atoms with Crippen LogP contribution < -0.4 is 14.8 Å². The molecule has 2 N–H and O–H groups in total. The van der Waals surface area contributed by atoms with Gasteiger partial charge < -0.3 is 14.4 Å². The first-order valence-electron chi connectivity index (χ1n) is 10.8. The number of amides is 3. The highest BCUT2D eigenvalue weighted by molar-refractivity contribution is 7.89. The van der Waals surface area contributed by atoms with Gasteiger partial charge in [-0.25, -0.2) is 17.9 Å². The summed E-state index contributed by atoms with van der Waals surface area (Å²) in [6, 6.07) is 6.68. The van der Waals surface area contributed by atoms with Crippen molar-refractivity contribution in [2.24, 2.45) is 0 Å². The molecule has 172 valence electrons. The second-order valence-corrected chi connectivity index (χ2v) is 9.89. The zero-order valence-electron chi connectivity index (χ0n) is 17.8. The molecule has 1 atom stereocenters. The van der Waals surface area contributed by atoms with Gasteiger partial charge in [0, 0.05) is 25.6 Å². The zero-order valence-corrected chi connectivity index (χ0v) is 18.7. The molecular weight excluding hydrogens is 422 g/mol. The second kappa shape index (κ2) is 10.9. The third-order valence-corrected chi connectivity index (χ3v) is 6.95. The average Bonchev–Trinajstić information content (AvgIpc) is 3.22. The molecule has 1 heterocycles. The lowest BCUT2D eigenvalue weighted by molar-refractivity contribution is -0.122. The molecule has 0 aromatic heterocycles. The highest BCUT2D eigenvalue weighted by Crippen LogP contribution is 2.26. The van der Waals surface area contributed by atoms with Crippen molar-refractivity contribution in [2.75, 3.05) is 25.6 Å². The number of sulfonamides is 1. The SMILES string of the molecule is CC(NS(=O)(=O)CCCOCN1CCC(=O)NC1=O)c1cccc(OC2CCCC2)c1. The van der Waals surface area contributed by atoms with Crippen LogP contribution in [0, 0.1) is 0 Å². The Labute approximate surface area is 183 Å². The van der Waals surface area contributed by atoms with Gasteiger partial charge >= 0.3 is 6.03 Å². The Kier molecular flexibility index (Phi) is 8.28. The van der Waals surface area contributed by atoms with Crippen molar-refractivity contribution in [2.45, 2.75) is 57.6 Å². The number of ether oxygens (including phenoxy) is 2. The Hall–Kier alpha value is -2.17. The first-order valence-corrected chi connectivity index (χ1v) is 12.4. The maximum absolute atomic E-state index is 12.4. The molecule has 3 rings (SSSR count). The van der Waals surface area contributed by atoms with Crippen LogP contribution in [0.25, 0.3) is 0 Å². The third kappa shape index (κ3) is 7.48. The van der Waals surface area contributed by atoms with Crippen molar-refractivity contribution in [1.82, 2.24) is 14.9 Å². The van der Waals surface area contributed by atoms with Gasteiger partial charge in [0.1, 0.15) is 12.5 Å². The van der Waals surface area contributed by atoms with Gasteiger partial charge in [0.15, 0.2) is 0 Å². The van der Waals surface area contributed by atoms with Gasteiger partial charge in [0.05, 0.1) is 11.9 Å². The Morgan fingerprint density at radius 2 is 2.03 bits per heavy atom. The van der Waals surface area contributed by atoms with E-state index < -0.39 is 16.1 Å². The number of nitrogens with zero attached hydrogens (tertiary/aromatic N) is 1. The predicted octanol–water partition coefficient (Wildman–Crippen LogP) is 2.29. The molecule has 0 radical (unpaired) electrons.